The lowest BCUT2D eigenvalue weighted by molar-refractivity contribution is 0.0957. The van der Waals surface area contributed by atoms with Crippen molar-refractivity contribution in [2.75, 3.05) is 25.0 Å². The fraction of sp³-hybridized carbons (Fsp3) is 0.294. The lowest BCUT2D eigenvalue weighted by Gasteiger charge is -2.18. The molecule has 0 spiro atoms. The Morgan fingerprint density at radius 2 is 2.29 bits per heavy atom. The molecule has 1 fully saturated rings. The van der Waals surface area contributed by atoms with Crippen molar-refractivity contribution in [3.63, 3.8) is 0 Å². The second-order valence-electron chi connectivity index (χ2n) is 5.45. The highest BCUT2D eigenvalue weighted by atomic mass is 16.5. The van der Waals surface area contributed by atoms with E-state index in [0.717, 1.165) is 18.8 Å². The van der Waals surface area contributed by atoms with Gasteiger partial charge in [-0.2, -0.15) is 5.26 Å². The molecule has 1 aliphatic heterocycles. The number of ether oxygens (including phenoxy) is 1. The van der Waals surface area contributed by atoms with Crippen LogP contribution in [-0.2, 0) is 0 Å². The molecule has 1 saturated heterocycles. The predicted molar refractivity (Wildman–Crippen MR) is 87.8 cm³/mol. The number of nitriles is 1. The van der Waals surface area contributed by atoms with Crippen LogP contribution in [0.4, 0.5) is 5.82 Å². The molecule has 7 heteroatoms. The molecule has 1 amide bonds. The van der Waals surface area contributed by atoms with E-state index in [1.807, 2.05) is 6.07 Å². The Bertz CT molecular complexity index is 769. The van der Waals surface area contributed by atoms with Crippen molar-refractivity contribution in [2.45, 2.75) is 12.5 Å². The predicted octanol–water partition coefficient (Wildman–Crippen LogP) is 1.37. The highest BCUT2D eigenvalue weighted by molar-refractivity contribution is 5.92. The Hall–Kier alpha value is -3.14. The summed E-state index contributed by atoms with van der Waals surface area (Å²) in [6, 6.07) is 9.05. The van der Waals surface area contributed by atoms with E-state index in [2.05, 4.69) is 26.3 Å². The lowest BCUT2D eigenvalue weighted by Crippen LogP contribution is -2.25. The summed E-state index contributed by atoms with van der Waals surface area (Å²) in [5.74, 6) is 1.22. The quantitative estimate of drug-likeness (QED) is 0.913. The molecular weight excluding hydrogens is 306 g/mol. The standard InChI is InChI=1S/C17H17N5O2/c1-19-17(23)15-8-13(4-6-20-15)24-14-5-7-22(11-14)16-3-2-12(9-18)10-21-16/h2-4,6,8,10,14H,5,7,11H2,1H3,(H,19,23). The molecular formula is C17H17N5O2. The highest BCUT2D eigenvalue weighted by Crippen LogP contribution is 2.22. The van der Waals surface area contributed by atoms with Gasteiger partial charge in [0.1, 0.15) is 29.4 Å². The number of nitrogens with zero attached hydrogens (tertiary/aromatic N) is 4. The van der Waals surface area contributed by atoms with Gasteiger partial charge in [-0.1, -0.05) is 0 Å². The molecule has 1 aliphatic rings. The normalized spacial score (nSPS) is 16.5. The van der Waals surface area contributed by atoms with E-state index in [1.54, 1.807) is 37.6 Å². The van der Waals surface area contributed by atoms with Crippen molar-refractivity contribution in [1.29, 1.82) is 5.26 Å². The first-order chi connectivity index (χ1) is 11.7. The molecule has 7 nitrogen and oxygen atoms in total. The number of aromatic nitrogens is 2. The van der Waals surface area contributed by atoms with Crippen molar-refractivity contribution in [1.82, 2.24) is 15.3 Å². The van der Waals surface area contributed by atoms with E-state index in [1.165, 1.54) is 0 Å². The third kappa shape index (κ3) is 3.43. The van der Waals surface area contributed by atoms with Crippen molar-refractivity contribution < 1.29 is 9.53 Å². The first-order valence-electron chi connectivity index (χ1n) is 7.65. The molecule has 2 aromatic heterocycles. The summed E-state index contributed by atoms with van der Waals surface area (Å²) in [7, 11) is 1.57. The molecule has 122 valence electrons. The Labute approximate surface area is 139 Å². The number of amides is 1. The number of carbonyl (C=O) groups excluding carboxylic acids is 1. The van der Waals surface area contributed by atoms with E-state index in [-0.39, 0.29) is 12.0 Å². The SMILES string of the molecule is CNC(=O)c1cc(OC2CCN(c3ccc(C#N)cn3)C2)ccn1. The molecule has 2 aromatic rings. The number of rotatable bonds is 4. The first kappa shape index (κ1) is 15.7. The van der Waals surface area contributed by atoms with Gasteiger partial charge in [-0.25, -0.2) is 4.98 Å². The van der Waals surface area contributed by atoms with Gasteiger partial charge in [0.25, 0.3) is 5.91 Å². The Kier molecular flexibility index (Phi) is 4.57. The number of pyridine rings is 2. The number of hydrogen-bond acceptors (Lipinski definition) is 6. The molecule has 3 heterocycles. The van der Waals surface area contributed by atoms with Crippen LogP contribution < -0.4 is 15.0 Å². The molecule has 1 atom stereocenters. The van der Waals surface area contributed by atoms with E-state index in [4.69, 9.17) is 10.00 Å². The zero-order valence-electron chi connectivity index (χ0n) is 13.3. The van der Waals surface area contributed by atoms with Gasteiger partial charge in [-0.3, -0.25) is 9.78 Å². The topological polar surface area (TPSA) is 91.1 Å². The van der Waals surface area contributed by atoms with Gasteiger partial charge in [0, 0.05) is 38.5 Å². The van der Waals surface area contributed by atoms with Gasteiger partial charge in [0.2, 0.25) is 0 Å². The third-order valence-electron chi connectivity index (χ3n) is 3.84. The molecule has 3 rings (SSSR count). The summed E-state index contributed by atoms with van der Waals surface area (Å²) in [5.41, 5.74) is 0.878. The van der Waals surface area contributed by atoms with Crippen LogP contribution in [0.5, 0.6) is 5.75 Å². The molecule has 0 aromatic carbocycles. The van der Waals surface area contributed by atoms with Crippen molar-refractivity contribution in [2.24, 2.45) is 0 Å². The second kappa shape index (κ2) is 6.96. The van der Waals surface area contributed by atoms with Crippen molar-refractivity contribution in [3.8, 4) is 11.8 Å². The maximum absolute atomic E-state index is 11.6. The highest BCUT2D eigenvalue weighted by Gasteiger charge is 2.25. The molecule has 0 saturated carbocycles. The van der Waals surface area contributed by atoms with Crippen LogP contribution in [-0.4, -0.2) is 42.1 Å². The van der Waals surface area contributed by atoms with Gasteiger partial charge < -0.3 is 15.0 Å². The summed E-state index contributed by atoms with van der Waals surface area (Å²) >= 11 is 0. The minimum absolute atomic E-state index is 0.0161. The number of nitrogens with one attached hydrogen (secondary N) is 1. The van der Waals surface area contributed by atoms with Gasteiger partial charge in [-0.05, 0) is 18.2 Å². The molecule has 0 radical (unpaired) electrons. The van der Waals surface area contributed by atoms with Crippen LogP contribution in [0.1, 0.15) is 22.5 Å². The minimum atomic E-state index is -0.240. The number of hydrogen-bond donors (Lipinski definition) is 1. The monoisotopic (exact) mass is 323 g/mol. The average Bonchev–Trinajstić information content (AvgIpc) is 3.09. The van der Waals surface area contributed by atoms with Crippen molar-refractivity contribution in [3.05, 3.63) is 47.9 Å². The maximum Gasteiger partial charge on any atom is 0.269 e. The summed E-state index contributed by atoms with van der Waals surface area (Å²) < 4.78 is 5.97. The summed E-state index contributed by atoms with van der Waals surface area (Å²) in [6.45, 7) is 1.54. The summed E-state index contributed by atoms with van der Waals surface area (Å²) in [5, 5.41) is 11.4. The zero-order valence-corrected chi connectivity index (χ0v) is 13.3. The van der Waals surface area contributed by atoms with E-state index in [0.29, 0.717) is 23.6 Å². The Morgan fingerprint density at radius 1 is 1.42 bits per heavy atom. The van der Waals surface area contributed by atoms with Crippen LogP contribution in [0.3, 0.4) is 0 Å². The lowest BCUT2D eigenvalue weighted by atomic mass is 10.3. The number of carbonyl (C=O) groups is 1. The van der Waals surface area contributed by atoms with Gasteiger partial charge in [0.15, 0.2) is 0 Å². The molecule has 0 bridgehead atoms. The maximum atomic E-state index is 11.6. The first-order valence-corrected chi connectivity index (χ1v) is 7.65. The third-order valence-corrected chi connectivity index (χ3v) is 3.84. The van der Waals surface area contributed by atoms with Crippen LogP contribution in [0, 0.1) is 11.3 Å². The van der Waals surface area contributed by atoms with Crippen LogP contribution >= 0.6 is 0 Å². The second-order valence-corrected chi connectivity index (χ2v) is 5.45. The van der Waals surface area contributed by atoms with Crippen LogP contribution in [0.25, 0.3) is 0 Å². The summed E-state index contributed by atoms with van der Waals surface area (Å²) in [6.07, 6.45) is 4.01. The fourth-order valence-electron chi connectivity index (χ4n) is 2.60. The Morgan fingerprint density at radius 3 is 3.00 bits per heavy atom. The van der Waals surface area contributed by atoms with Crippen molar-refractivity contribution >= 4 is 11.7 Å². The zero-order chi connectivity index (χ0) is 16.9. The fourth-order valence-corrected chi connectivity index (χ4v) is 2.60. The van der Waals surface area contributed by atoms with Gasteiger partial charge in [0.05, 0.1) is 12.1 Å². The summed E-state index contributed by atoms with van der Waals surface area (Å²) in [4.78, 5) is 22.1. The Balaban J connectivity index is 1.64. The number of anilines is 1. The van der Waals surface area contributed by atoms with Crippen LogP contribution in [0.2, 0.25) is 0 Å². The largest absolute Gasteiger partial charge is 0.488 e. The van der Waals surface area contributed by atoms with Gasteiger partial charge in [-0.15, -0.1) is 0 Å². The average molecular weight is 323 g/mol. The molecule has 1 unspecified atom stereocenters. The van der Waals surface area contributed by atoms with E-state index in [9.17, 15) is 4.79 Å². The van der Waals surface area contributed by atoms with E-state index >= 15 is 0 Å². The smallest absolute Gasteiger partial charge is 0.269 e. The molecule has 24 heavy (non-hydrogen) atoms. The van der Waals surface area contributed by atoms with Gasteiger partial charge >= 0.3 is 0 Å². The van der Waals surface area contributed by atoms with E-state index < -0.39 is 0 Å². The van der Waals surface area contributed by atoms with Crippen LogP contribution in [0.15, 0.2) is 36.7 Å². The minimum Gasteiger partial charge on any atom is -0.488 e. The molecule has 0 aliphatic carbocycles. The molecule has 1 N–H and O–H groups in total.